The number of carbonyl (C=O) groups is 1. The fraction of sp³-hybridized carbons (Fsp3) is 0.462. The van der Waals surface area contributed by atoms with Gasteiger partial charge in [0, 0.05) is 0 Å². The Bertz CT molecular complexity index is 318. The van der Waals surface area contributed by atoms with E-state index in [0.29, 0.717) is 11.3 Å². The highest BCUT2D eigenvalue weighted by molar-refractivity contribution is 5.79. The summed E-state index contributed by atoms with van der Waals surface area (Å²) in [7, 11) is 1.58. The first-order valence-corrected chi connectivity index (χ1v) is 5.44. The van der Waals surface area contributed by atoms with Gasteiger partial charge in [-0.15, -0.1) is 0 Å². The van der Waals surface area contributed by atoms with Gasteiger partial charge in [0.2, 0.25) is 0 Å². The van der Waals surface area contributed by atoms with Gasteiger partial charge in [-0.05, 0) is 30.5 Å². The lowest BCUT2D eigenvalue weighted by atomic mass is 10.0. The summed E-state index contributed by atoms with van der Waals surface area (Å²) in [6.45, 7) is 2.19. The first-order valence-electron chi connectivity index (χ1n) is 5.44. The highest BCUT2D eigenvalue weighted by Gasteiger charge is 2.02. The third kappa shape index (κ3) is 3.39. The van der Waals surface area contributed by atoms with Gasteiger partial charge in [-0.3, -0.25) is 4.79 Å². The second-order valence-corrected chi connectivity index (χ2v) is 3.65. The minimum atomic E-state index is 0.645. The van der Waals surface area contributed by atoms with Gasteiger partial charge < -0.3 is 4.74 Å². The van der Waals surface area contributed by atoms with E-state index in [0.717, 1.165) is 12.7 Å². The van der Waals surface area contributed by atoms with Gasteiger partial charge >= 0.3 is 0 Å². The molecular formula is C13H18O2. The summed E-state index contributed by atoms with van der Waals surface area (Å²) in [5, 5.41) is 0. The van der Waals surface area contributed by atoms with Gasteiger partial charge in [-0.1, -0.05) is 25.8 Å². The molecule has 0 aliphatic carbocycles. The molecule has 0 heterocycles. The maximum Gasteiger partial charge on any atom is 0.153 e. The molecule has 2 nitrogen and oxygen atoms in total. The van der Waals surface area contributed by atoms with Gasteiger partial charge in [-0.2, -0.15) is 0 Å². The van der Waals surface area contributed by atoms with Crippen molar-refractivity contribution in [3.8, 4) is 5.75 Å². The van der Waals surface area contributed by atoms with Gasteiger partial charge in [0.25, 0.3) is 0 Å². The smallest absolute Gasteiger partial charge is 0.153 e. The fourth-order valence-electron chi connectivity index (χ4n) is 1.61. The zero-order valence-corrected chi connectivity index (χ0v) is 9.45. The zero-order chi connectivity index (χ0) is 11.1. The molecule has 15 heavy (non-hydrogen) atoms. The number of unbranched alkanes of at least 4 members (excludes halogenated alkanes) is 2. The Hall–Kier alpha value is -1.31. The molecule has 0 bridgehead atoms. The molecule has 0 saturated heterocycles. The van der Waals surface area contributed by atoms with Gasteiger partial charge in [-0.25, -0.2) is 0 Å². The first kappa shape index (κ1) is 11.8. The monoisotopic (exact) mass is 206 g/mol. The van der Waals surface area contributed by atoms with Crippen LogP contribution in [0, 0.1) is 0 Å². The SMILES string of the molecule is CCCCCc1ccc(OC)c(C=O)c1. The Morgan fingerprint density at radius 1 is 1.33 bits per heavy atom. The number of methoxy groups -OCH3 is 1. The van der Waals surface area contributed by atoms with Crippen molar-refractivity contribution in [3.63, 3.8) is 0 Å². The molecule has 0 aliphatic rings. The van der Waals surface area contributed by atoms with Crippen LogP contribution in [0.2, 0.25) is 0 Å². The highest BCUT2D eigenvalue weighted by Crippen LogP contribution is 2.19. The van der Waals surface area contributed by atoms with E-state index in [1.807, 2.05) is 18.2 Å². The number of hydrogen-bond donors (Lipinski definition) is 0. The number of benzene rings is 1. The van der Waals surface area contributed by atoms with Crippen LogP contribution in [0.25, 0.3) is 0 Å². The van der Waals surface area contributed by atoms with Crippen molar-refractivity contribution in [2.45, 2.75) is 32.6 Å². The molecule has 0 spiro atoms. The molecule has 0 fully saturated rings. The third-order valence-corrected chi connectivity index (χ3v) is 2.49. The van der Waals surface area contributed by atoms with Crippen molar-refractivity contribution in [3.05, 3.63) is 29.3 Å². The van der Waals surface area contributed by atoms with E-state index in [4.69, 9.17) is 4.74 Å². The van der Waals surface area contributed by atoms with Crippen LogP contribution in [0.15, 0.2) is 18.2 Å². The minimum absolute atomic E-state index is 0.645. The largest absolute Gasteiger partial charge is 0.496 e. The number of aldehydes is 1. The molecule has 2 heteroatoms. The summed E-state index contributed by atoms with van der Waals surface area (Å²) in [6, 6.07) is 5.81. The van der Waals surface area contributed by atoms with Crippen molar-refractivity contribution in [1.82, 2.24) is 0 Å². The number of aryl methyl sites for hydroxylation is 1. The quantitative estimate of drug-likeness (QED) is 0.527. The molecule has 0 aromatic heterocycles. The average Bonchev–Trinajstić information content (AvgIpc) is 2.29. The number of hydrogen-bond acceptors (Lipinski definition) is 2. The van der Waals surface area contributed by atoms with Crippen molar-refractivity contribution in [2.24, 2.45) is 0 Å². The van der Waals surface area contributed by atoms with Crippen LogP contribution in [-0.2, 0) is 6.42 Å². The molecule has 0 radical (unpaired) electrons. The van der Waals surface area contributed by atoms with Crippen LogP contribution >= 0.6 is 0 Å². The molecule has 0 amide bonds. The van der Waals surface area contributed by atoms with E-state index in [-0.39, 0.29) is 0 Å². The van der Waals surface area contributed by atoms with E-state index in [2.05, 4.69) is 6.92 Å². The Morgan fingerprint density at radius 3 is 2.73 bits per heavy atom. The van der Waals surface area contributed by atoms with E-state index in [1.54, 1.807) is 7.11 Å². The average molecular weight is 206 g/mol. The lowest BCUT2D eigenvalue weighted by Crippen LogP contribution is -1.93. The molecule has 1 rings (SSSR count). The summed E-state index contributed by atoms with van der Waals surface area (Å²) in [6.07, 6.45) is 5.53. The fourth-order valence-corrected chi connectivity index (χ4v) is 1.61. The number of carbonyl (C=O) groups excluding carboxylic acids is 1. The minimum Gasteiger partial charge on any atom is -0.496 e. The van der Waals surface area contributed by atoms with Crippen molar-refractivity contribution in [2.75, 3.05) is 7.11 Å². The molecule has 1 aromatic carbocycles. The van der Waals surface area contributed by atoms with E-state index in [9.17, 15) is 4.79 Å². The lowest BCUT2D eigenvalue weighted by molar-refractivity contribution is 0.112. The maximum atomic E-state index is 10.8. The van der Waals surface area contributed by atoms with E-state index < -0.39 is 0 Å². The number of rotatable bonds is 6. The molecule has 0 unspecified atom stereocenters. The predicted octanol–water partition coefficient (Wildman–Crippen LogP) is 3.24. The Labute approximate surface area is 91.3 Å². The van der Waals surface area contributed by atoms with Gasteiger partial charge in [0.05, 0.1) is 12.7 Å². The van der Waals surface area contributed by atoms with Crippen LogP contribution in [0.4, 0.5) is 0 Å². The summed E-state index contributed by atoms with van der Waals surface area (Å²) in [4.78, 5) is 10.8. The summed E-state index contributed by atoms with van der Waals surface area (Å²) < 4.78 is 5.09. The summed E-state index contributed by atoms with van der Waals surface area (Å²) in [5.74, 6) is 0.657. The van der Waals surface area contributed by atoms with Crippen LogP contribution in [0.3, 0.4) is 0 Å². The molecule has 82 valence electrons. The standard InChI is InChI=1S/C13H18O2/c1-3-4-5-6-11-7-8-13(15-2)12(9-11)10-14/h7-10H,3-6H2,1-2H3. The summed E-state index contributed by atoms with van der Waals surface area (Å²) >= 11 is 0. The Kier molecular flexibility index (Phi) is 4.88. The van der Waals surface area contributed by atoms with Crippen molar-refractivity contribution < 1.29 is 9.53 Å². The molecular weight excluding hydrogens is 188 g/mol. The molecule has 0 N–H and O–H groups in total. The summed E-state index contributed by atoms with van der Waals surface area (Å²) in [5.41, 5.74) is 1.86. The van der Waals surface area contributed by atoms with Crippen LogP contribution in [0.5, 0.6) is 5.75 Å². The second kappa shape index (κ2) is 6.23. The highest BCUT2D eigenvalue weighted by atomic mass is 16.5. The molecule has 0 saturated carbocycles. The van der Waals surface area contributed by atoms with E-state index >= 15 is 0 Å². The van der Waals surface area contributed by atoms with Crippen LogP contribution in [0.1, 0.15) is 42.1 Å². The first-order chi connectivity index (χ1) is 7.31. The molecule has 1 aromatic rings. The van der Waals surface area contributed by atoms with Crippen LogP contribution < -0.4 is 4.74 Å². The van der Waals surface area contributed by atoms with Crippen molar-refractivity contribution >= 4 is 6.29 Å². The number of ether oxygens (including phenoxy) is 1. The van der Waals surface area contributed by atoms with Crippen LogP contribution in [-0.4, -0.2) is 13.4 Å². The maximum absolute atomic E-state index is 10.8. The topological polar surface area (TPSA) is 26.3 Å². The zero-order valence-electron chi connectivity index (χ0n) is 9.45. The second-order valence-electron chi connectivity index (χ2n) is 3.65. The Balaban J connectivity index is 2.70. The van der Waals surface area contributed by atoms with Gasteiger partial charge in [0.1, 0.15) is 5.75 Å². The molecule has 0 aliphatic heterocycles. The Morgan fingerprint density at radius 2 is 2.13 bits per heavy atom. The van der Waals surface area contributed by atoms with Crippen molar-refractivity contribution in [1.29, 1.82) is 0 Å². The lowest BCUT2D eigenvalue weighted by Gasteiger charge is -2.06. The van der Waals surface area contributed by atoms with E-state index in [1.165, 1.54) is 24.8 Å². The third-order valence-electron chi connectivity index (χ3n) is 2.49. The molecule has 0 atom stereocenters. The normalized spacial score (nSPS) is 10.0. The predicted molar refractivity (Wildman–Crippen MR) is 61.6 cm³/mol. The van der Waals surface area contributed by atoms with Gasteiger partial charge in [0.15, 0.2) is 6.29 Å².